The molecule has 1 saturated heterocycles. The van der Waals surface area contributed by atoms with Gasteiger partial charge in [-0.1, -0.05) is 60.7 Å². The molecule has 1 aliphatic heterocycles. The van der Waals surface area contributed by atoms with Crippen molar-refractivity contribution in [3.8, 4) is 11.5 Å². The number of carbonyl (C=O) groups excluding carboxylic acids is 1. The van der Waals surface area contributed by atoms with Crippen molar-refractivity contribution in [3.63, 3.8) is 0 Å². The van der Waals surface area contributed by atoms with E-state index in [0.717, 1.165) is 11.1 Å². The molecule has 2 N–H and O–H groups in total. The first kappa shape index (κ1) is 28.3. The standard InChI is InChI=1S/C33H34N4O6/c1-42-28-18-27-26(30(38)36(21-35-27)20-23-10-6-3-7-11-23)17-29(28)43-25-12-14-33(15-13-25)31(39)34-19-24(37(33)32(40)41)16-22-8-4-2-5-9-22/h2-11,17-18,21,24-25H,12-16,19-20H2,1H3,(H,34,39)(H,40,41). The summed E-state index contributed by atoms with van der Waals surface area (Å²) in [6.45, 7) is 0.661. The summed E-state index contributed by atoms with van der Waals surface area (Å²) in [5.41, 5.74) is 1.15. The van der Waals surface area contributed by atoms with Crippen molar-refractivity contribution in [1.82, 2.24) is 19.8 Å². The number of amides is 2. The van der Waals surface area contributed by atoms with Gasteiger partial charge in [0.2, 0.25) is 5.91 Å². The van der Waals surface area contributed by atoms with Crippen LogP contribution in [0.3, 0.4) is 0 Å². The number of rotatable bonds is 7. The highest BCUT2D eigenvalue weighted by Crippen LogP contribution is 2.41. The van der Waals surface area contributed by atoms with Gasteiger partial charge in [-0.2, -0.15) is 0 Å². The molecule has 222 valence electrons. The first-order valence-corrected chi connectivity index (χ1v) is 14.5. The highest BCUT2D eigenvalue weighted by atomic mass is 16.5. The molecule has 10 nitrogen and oxygen atoms in total. The molecule has 2 fully saturated rings. The summed E-state index contributed by atoms with van der Waals surface area (Å²) in [6.07, 6.45) is 2.23. The fourth-order valence-corrected chi connectivity index (χ4v) is 6.46. The maximum atomic E-state index is 13.4. The normalized spacial score (nSPS) is 21.9. The minimum absolute atomic E-state index is 0.190. The summed E-state index contributed by atoms with van der Waals surface area (Å²) in [6, 6.07) is 22.4. The van der Waals surface area contributed by atoms with Gasteiger partial charge in [0.05, 0.1) is 43.0 Å². The van der Waals surface area contributed by atoms with Crippen LogP contribution in [0.1, 0.15) is 36.8 Å². The fourth-order valence-electron chi connectivity index (χ4n) is 6.46. The Balaban J connectivity index is 1.22. The van der Waals surface area contributed by atoms with Gasteiger partial charge in [-0.25, -0.2) is 9.78 Å². The molecule has 1 aromatic heterocycles. The quantitative estimate of drug-likeness (QED) is 0.334. The van der Waals surface area contributed by atoms with E-state index in [4.69, 9.17) is 9.47 Å². The molecule has 1 aliphatic carbocycles. The second-order valence-electron chi connectivity index (χ2n) is 11.2. The largest absolute Gasteiger partial charge is 0.493 e. The molecular formula is C33H34N4O6. The summed E-state index contributed by atoms with van der Waals surface area (Å²) in [4.78, 5) is 45.1. The zero-order chi connectivity index (χ0) is 30.0. The predicted molar refractivity (Wildman–Crippen MR) is 161 cm³/mol. The van der Waals surface area contributed by atoms with E-state index in [2.05, 4.69) is 10.3 Å². The van der Waals surface area contributed by atoms with Gasteiger partial charge in [-0.3, -0.25) is 19.1 Å². The van der Waals surface area contributed by atoms with E-state index in [9.17, 15) is 19.5 Å². The van der Waals surface area contributed by atoms with Gasteiger partial charge in [0.1, 0.15) is 5.54 Å². The molecule has 6 rings (SSSR count). The highest BCUT2D eigenvalue weighted by molar-refractivity contribution is 5.91. The fraction of sp³-hybridized carbons (Fsp3) is 0.333. The molecule has 2 aliphatic rings. The Morgan fingerprint density at radius 1 is 1.00 bits per heavy atom. The van der Waals surface area contributed by atoms with Gasteiger partial charge in [0, 0.05) is 12.6 Å². The van der Waals surface area contributed by atoms with Gasteiger partial charge >= 0.3 is 6.09 Å². The monoisotopic (exact) mass is 582 g/mol. The van der Waals surface area contributed by atoms with Crippen LogP contribution >= 0.6 is 0 Å². The van der Waals surface area contributed by atoms with E-state index in [-0.39, 0.29) is 30.2 Å². The average molecular weight is 583 g/mol. The number of nitrogens with one attached hydrogen (secondary N) is 1. The second kappa shape index (κ2) is 11.8. The lowest BCUT2D eigenvalue weighted by Gasteiger charge is -2.51. The van der Waals surface area contributed by atoms with E-state index >= 15 is 0 Å². The van der Waals surface area contributed by atoms with Crippen molar-refractivity contribution < 1.29 is 24.2 Å². The van der Waals surface area contributed by atoms with Crippen molar-refractivity contribution in [3.05, 3.63) is 101 Å². The summed E-state index contributed by atoms with van der Waals surface area (Å²) < 4.78 is 13.5. The topological polar surface area (TPSA) is 123 Å². The second-order valence-corrected chi connectivity index (χ2v) is 11.2. The van der Waals surface area contributed by atoms with Crippen LogP contribution in [-0.2, 0) is 17.8 Å². The first-order chi connectivity index (χ1) is 20.9. The lowest BCUT2D eigenvalue weighted by atomic mass is 9.75. The number of carbonyl (C=O) groups is 2. The SMILES string of the molecule is COc1cc2ncn(Cc3ccccc3)c(=O)c2cc1OC1CCC2(CC1)C(=O)NCC(Cc1ccccc1)N2C(=O)O. The van der Waals surface area contributed by atoms with Crippen LogP contribution in [0, 0.1) is 0 Å². The van der Waals surface area contributed by atoms with E-state index in [1.54, 1.807) is 16.7 Å². The maximum absolute atomic E-state index is 13.4. The number of benzene rings is 3. The van der Waals surface area contributed by atoms with E-state index in [0.29, 0.717) is 61.1 Å². The Morgan fingerprint density at radius 2 is 1.67 bits per heavy atom. The molecule has 1 unspecified atom stereocenters. The molecule has 2 heterocycles. The van der Waals surface area contributed by atoms with Crippen LogP contribution in [0.25, 0.3) is 10.9 Å². The number of ether oxygens (including phenoxy) is 2. The van der Waals surface area contributed by atoms with Crippen LogP contribution in [0.2, 0.25) is 0 Å². The van der Waals surface area contributed by atoms with Crippen LogP contribution in [-0.4, -0.2) is 62.9 Å². The Labute approximate surface area is 248 Å². The minimum Gasteiger partial charge on any atom is -0.493 e. The number of carboxylic acid groups (broad SMARTS) is 1. The molecule has 10 heteroatoms. The minimum atomic E-state index is -1.16. The molecule has 1 spiro atoms. The Morgan fingerprint density at radius 3 is 2.33 bits per heavy atom. The third kappa shape index (κ3) is 5.52. The Bertz CT molecular complexity index is 1680. The molecule has 1 atom stereocenters. The predicted octanol–water partition coefficient (Wildman–Crippen LogP) is 4.23. The number of hydrogen-bond donors (Lipinski definition) is 2. The molecule has 0 bridgehead atoms. The third-order valence-corrected chi connectivity index (χ3v) is 8.63. The van der Waals surface area contributed by atoms with Gasteiger partial charge in [0.25, 0.3) is 5.56 Å². The van der Waals surface area contributed by atoms with E-state index in [1.807, 2.05) is 60.7 Å². The van der Waals surface area contributed by atoms with Gasteiger partial charge < -0.3 is 19.9 Å². The number of nitrogens with zero attached hydrogens (tertiary/aromatic N) is 3. The van der Waals surface area contributed by atoms with Crippen LogP contribution in [0.5, 0.6) is 11.5 Å². The average Bonchev–Trinajstić information content (AvgIpc) is 3.02. The van der Waals surface area contributed by atoms with Crippen LogP contribution in [0.4, 0.5) is 4.79 Å². The van der Waals surface area contributed by atoms with Crippen LogP contribution in [0.15, 0.2) is 83.9 Å². The third-order valence-electron chi connectivity index (χ3n) is 8.63. The van der Waals surface area contributed by atoms with E-state index in [1.165, 1.54) is 18.3 Å². The summed E-state index contributed by atoms with van der Waals surface area (Å²) >= 11 is 0. The van der Waals surface area contributed by atoms with Crippen molar-refractivity contribution in [2.45, 2.75) is 56.3 Å². The lowest BCUT2D eigenvalue weighted by Crippen LogP contribution is -2.71. The molecule has 2 amide bonds. The first-order valence-electron chi connectivity index (χ1n) is 14.5. The van der Waals surface area contributed by atoms with Gasteiger partial charge in [-0.05, 0) is 49.3 Å². The molecular weight excluding hydrogens is 548 g/mol. The highest BCUT2D eigenvalue weighted by Gasteiger charge is 2.54. The molecule has 1 saturated carbocycles. The smallest absolute Gasteiger partial charge is 0.408 e. The number of piperazine rings is 1. The zero-order valence-electron chi connectivity index (χ0n) is 23.9. The van der Waals surface area contributed by atoms with Crippen molar-refractivity contribution in [2.24, 2.45) is 0 Å². The Hall–Kier alpha value is -4.86. The van der Waals surface area contributed by atoms with Crippen LogP contribution < -0.4 is 20.3 Å². The number of fused-ring (bicyclic) bond motifs is 1. The molecule has 43 heavy (non-hydrogen) atoms. The molecule has 0 radical (unpaired) electrons. The number of hydrogen-bond acceptors (Lipinski definition) is 6. The summed E-state index contributed by atoms with van der Waals surface area (Å²) in [5.74, 6) is 0.606. The Kier molecular flexibility index (Phi) is 7.75. The maximum Gasteiger partial charge on any atom is 0.408 e. The van der Waals surface area contributed by atoms with E-state index < -0.39 is 11.6 Å². The lowest BCUT2D eigenvalue weighted by molar-refractivity contribution is -0.142. The molecule has 4 aromatic rings. The summed E-state index contributed by atoms with van der Waals surface area (Å²) in [7, 11) is 1.53. The zero-order valence-corrected chi connectivity index (χ0v) is 23.9. The number of methoxy groups -OCH3 is 1. The van der Waals surface area contributed by atoms with Crippen molar-refractivity contribution in [1.29, 1.82) is 0 Å². The van der Waals surface area contributed by atoms with Gasteiger partial charge in [0.15, 0.2) is 11.5 Å². The molecule has 3 aromatic carbocycles. The number of aromatic nitrogens is 2. The summed E-state index contributed by atoms with van der Waals surface area (Å²) in [5, 5.41) is 13.7. The van der Waals surface area contributed by atoms with Gasteiger partial charge in [-0.15, -0.1) is 0 Å². The van der Waals surface area contributed by atoms with Crippen molar-refractivity contribution in [2.75, 3.05) is 13.7 Å². The van der Waals surface area contributed by atoms with Crippen molar-refractivity contribution >= 4 is 22.9 Å².